The van der Waals surface area contributed by atoms with E-state index in [0.717, 1.165) is 52.2 Å². The fourth-order valence-electron chi connectivity index (χ4n) is 3.55. The van der Waals surface area contributed by atoms with Crippen LogP contribution in [0.15, 0.2) is 48.7 Å². The van der Waals surface area contributed by atoms with Crippen molar-refractivity contribution in [3.63, 3.8) is 0 Å². The van der Waals surface area contributed by atoms with Crippen molar-refractivity contribution in [1.29, 1.82) is 5.26 Å². The van der Waals surface area contributed by atoms with Gasteiger partial charge in [0.15, 0.2) is 5.82 Å². The molecule has 27 heavy (non-hydrogen) atoms. The zero-order valence-corrected chi connectivity index (χ0v) is 14.8. The number of nitriles is 1. The Morgan fingerprint density at radius 1 is 1.22 bits per heavy atom. The minimum atomic E-state index is -0.492. The van der Waals surface area contributed by atoms with Crippen molar-refractivity contribution in [2.45, 2.75) is 25.7 Å². The van der Waals surface area contributed by atoms with Gasteiger partial charge in [-0.15, -0.1) is 0 Å². The summed E-state index contributed by atoms with van der Waals surface area (Å²) in [6.07, 6.45) is 4.32. The number of rotatable bonds is 3. The van der Waals surface area contributed by atoms with Gasteiger partial charge in [0.25, 0.3) is 0 Å². The predicted molar refractivity (Wildman–Crippen MR) is 102 cm³/mol. The summed E-state index contributed by atoms with van der Waals surface area (Å²) in [6.45, 7) is 1.85. The molecule has 1 aliphatic rings. The summed E-state index contributed by atoms with van der Waals surface area (Å²) < 4.78 is 16.0. The van der Waals surface area contributed by atoms with Crippen LogP contribution in [0.5, 0.6) is 0 Å². The molecule has 4 nitrogen and oxygen atoms in total. The Labute approximate surface area is 155 Å². The molecule has 2 aromatic carbocycles. The lowest BCUT2D eigenvalue weighted by Crippen LogP contribution is -2.01. The molecular formula is C22H17FN4. The van der Waals surface area contributed by atoms with Gasteiger partial charge in [-0.05, 0) is 49.6 Å². The molecule has 1 N–H and O–H groups in total. The fourth-order valence-corrected chi connectivity index (χ4v) is 3.55. The van der Waals surface area contributed by atoms with Gasteiger partial charge in [0.1, 0.15) is 11.9 Å². The van der Waals surface area contributed by atoms with Crippen molar-refractivity contribution in [2.24, 2.45) is 0 Å². The van der Waals surface area contributed by atoms with Crippen molar-refractivity contribution >= 4 is 10.9 Å². The number of nitrogens with one attached hydrogen (secondary N) is 1. The molecule has 0 bridgehead atoms. The van der Waals surface area contributed by atoms with Gasteiger partial charge >= 0.3 is 0 Å². The van der Waals surface area contributed by atoms with E-state index in [1.165, 1.54) is 6.07 Å². The molecule has 4 aromatic rings. The van der Waals surface area contributed by atoms with Crippen molar-refractivity contribution in [3.05, 3.63) is 71.3 Å². The third kappa shape index (κ3) is 2.61. The van der Waals surface area contributed by atoms with Gasteiger partial charge in [-0.2, -0.15) is 5.26 Å². The quantitative estimate of drug-likeness (QED) is 0.547. The number of aromatic amines is 1. The molecular weight excluding hydrogens is 339 g/mol. The maximum atomic E-state index is 14.0. The van der Waals surface area contributed by atoms with Crippen LogP contribution in [-0.4, -0.2) is 14.5 Å². The molecule has 5 heteroatoms. The van der Waals surface area contributed by atoms with E-state index in [2.05, 4.69) is 17.1 Å². The first-order valence-electron chi connectivity index (χ1n) is 9.02. The Kier molecular flexibility index (Phi) is 3.41. The average Bonchev–Trinajstić information content (AvgIpc) is 3.27. The highest BCUT2D eigenvalue weighted by Gasteiger charge is 2.28. The van der Waals surface area contributed by atoms with Gasteiger partial charge in [-0.3, -0.25) is 4.57 Å². The first-order valence-corrected chi connectivity index (χ1v) is 9.02. The molecule has 0 saturated heterocycles. The normalized spacial score (nSPS) is 13.8. The second-order valence-electron chi connectivity index (χ2n) is 7.13. The molecule has 1 saturated carbocycles. The summed E-state index contributed by atoms with van der Waals surface area (Å²) in [5, 5.41) is 10.4. The van der Waals surface area contributed by atoms with E-state index in [9.17, 15) is 9.65 Å². The van der Waals surface area contributed by atoms with Crippen LogP contribution in [0.2, 0.25) is 0 Å². The summed E-state index contributed by atoms with van der Waals surface area (Å²) in [6, 6.07) is 15.1. The number of halogens is 1. The minimum Gasteiger partial charge on any atom is -0.352 e. The van der Waals surface area contributed by atoms with Gasteiger partial charge in [0.2, 0.25) is 0 Å². The van der Waals surface area contributed by atoms with Crippen molar-refractivity contribution < 1.29 is 4.39 Å². The predicted octanol–water partition coefficient (Wildman–Crippen LogP) is 5.22. The number of benzene rings is 2. The third-order valence-electron chi connectivity index (χ3n) is 5.16. The van der Waals surface area contributed by atoms with Crippen LogP contribution in [0.4, 0.5) is 4.39 Å². The molecule has 2 heterocycles. The molecule has 132 valence electrons. The summed E-state index contributed by atoms with van der Waals surface area (Å²) in [4.78, 5) is 8.32. The molecule has 1 aliphatic carbocycles. The molecule has 0 aliphatic heterocycles. The van der Waals surface area contributed by atoms with Crippen molar-refractivity contribution in [3.8, 4) is 23.3 Å². The fraction of sp³-hybridized carbons (Fsp3) is 0.182. The monoisotopic (exact) mass is 356 g/mol. The number of fused-ring (bicyclic) bond motifs is 1. The zero-order valence-electron chi connectivity index (χ0n) is 14.8. The maximum Gasteiger partial charge on any atom is 0.161 e. The Hall–Kier alpha value is -3.39. The van der Waals surface area contributed by atoms with E-state index < -0.39 is 5.82 Å². The topological polar surface area (TPSA) is 57.4 Å². The number of para-hydroxylation sites is 1. The molecule has 0 spiro atoms. The SMILES string of the molecule is Cc1cc(F)c(C#N)cc1-n1cc(C2CC2)nc1-c1cc2ccccc2[nH]1. The van der Waals surface area contributed by atoms with Gasteiger partial charge in [0.05, 0.1) is 22.6 Å². The largest absolute Gasteiger partial charge is 0.352 e. The summed E-state index contributed by atoms with van der Waals surface area (Å²) in [7, 11) is 0. The van der Waals surface area contributed by atoms with Crippen LogP contribution < -0.4 is 0 Å². The molecule has 0 amide bonds. The van der Waals surface area contributed by atoms with Crippen LogP contribution in [0, 0.1) is 24.1 Å². The standard InChI is InChI=1S/C22H17FN4/c1-13-8-17(23)16(11-24)10-21(13)27-12-20(14-6-7-14)26-22(27)19-9-15-4-2-3-5-18(15)25-19/h2-5,8-10,12,14,25H,6-7H2,1H3. The molecule has 1 fully saturated rings. The van der Waals surface area contributed by atoms with Gasteiger partial charge in [0, 0.05) is 23.0 Å². The average molecular weight is 356 g/mol. The summed E-state index contributed by atoms with van der Waals surface area (Å²) in [5.41, 5.74) is 4.59. The van der Waals surface area contributed by atoms with Gasteiger partial charge in [-0.25, -0.2) is 9.37 Å². The Morgan fingerprint density at radius 3 is 2.78 bits per heavy atom. The first-order chi connectivity index (χ1) is 13.1. The van der Waals surface area contributed by atoms with E-state index in [0.29, 0.717) is 5.92 Å². The number of hydrogen-bond donors (Lipinski definition) is 1. The highest BCUT2D eigenvalue weighted by Crippen LogP contribution is 2.41. The second-order valence-corrected chi connectivity index (χ2v) is 7.13. The number of hydrogen-bond acceptors (Lipinski definition) is 2. The van der Waals surface area contributed by atoms with E-state index >= 15 is 0 Å². The van der Waals surface area contributed by atoms with Crippen molar-refractivity contribution in [2.75, 3.05) is 0 Å². The van der Waals surface area contributed by atoms with E-state index in [1.54, 1.807) is 6.07 Å². The molecule has 5 rings (SSSR count). The third-order valence-corrected chi connectivity index (χ3v) is 5.16. The van der Waals surface area contributed by atoms with Gasteiger partial charge < -0.3 is 4.98 Å². The molecule has 0 atom stereocenters. The van der Waals surface area contributed by atoms with E-state index in [1.807, 2.05) is 42.0 Å². The lowest BCUT2D eigenvalue weighted by Gasteiger charge is -2.11. The van der Waals surface area contributed by atoms with Crippen molar-refractivity contribution in [1.82, 2.24) is 14.5 Å². The van der Waals surface area contributed by atoms with Crippen LogP contribution in [0.1, 0.15) is 35.6 Å². The van der Waals surface area contributed by atoms with Crippen LogP contribution in [0.25, 0.3) is 28.1 Å². The lowest BCUT2D eigenvalue weighted by atomic mass is 10.1. The number of nitrogens with zero attached hydrogens (tertiary/aromatic N) is 3. The zero-order chi connectivity index (χ0) is 18.5. The molecule has 0 radical (unpaired) electrons. The lowest BCUT2D eigenvalue weighted by molar-refractivity contribution is 0.622. The van der Waals surface area contributed by atoms with Crippen LogP contribution >= 0.6 is 0 Å². The second kappa shape index (κ2) is 5.82. The molecule has 0 unspecified atom stereocenters. The van der Waals surface area contributed by atoms with E-state index in [4.69, 9.17) is 4.98 Å². The number of aryl methyl sites for hydroxylation is 1. The van der Waals surface area contributed by atoms with Gasteiger partial charge in [-0.1, -0.05) is 18.2 Å². The number of imidazole rings is 1. The van der Waals surface area contributed by atoms with Crippen LogP contribution in [-0.2, 0) is 0 Å². The summed E-state index contributed by atoms with van der Waals surface area (Å²) >= 11 is 0. The highest BCUT2D eigenvalue weighted by atomic mass is 19.1. The Bertz CT molecular complexity index is 1190. The Morgan fingerprint density at radius 2 is 2.04 bits per heavy atom. The first kappa shape index (κ1) is 15.8. The maximum absolute atomic E-state index is 14.0. The summed E-state index contributed by atoms with van der Waals surface area (Å²) in [5.74, 6) is 0.783. The molecule has 2 aromatic heterocycles. The number of aromatic nitrogens is 3. The number of H-pyrrole nitrogens is 1. The van der Waals surface area contributed by atoms with E-state index in [-0.39, 0.29) is 5.56 Å². The van der Waals surface area contributed by atoms with Crippen LogP contribution in [0.3, 0.4) is 0 Å². The minimum absolute atomic E-state index is 0.0415. The highest BCUT2D eigenvalue weighted by molar-refractivity contribution is 5.85. The smallest absolute Gasteiger partial charge is 0.161 e. The Balaban J connectivity index is 1.74.